The van der Waals surface area contributed by atoms with Gasteiger partial charge in [-0.1, -0.05) is 149 Å². The first-order valence-electron chi connectivity index (χ1n) is 19.3. The first kappa shape index (κ1) is 45.8. The van der Waals surface area contributed by atoms with E-state index in [9.17, 15) is 15.3 Å². The number of aliphatic hydroxyl groups excluding tert-OH is 3. The molecular weight excluding hydrogens is 601 g/mol. The van der Waals surface area contributed by atoms with Crippen LogP contribution in [0.1, 0.15) is 161 Å². The van der Waals surface area contributed by atoms with Gasteiger partial charge in [-0.25, -0.2) is 0 Å². The molecular formula is C46H68O3. The van der Waals surface area contributed by atoms with Crippen molar-refractivity contribution in [3.05, 3.63) is 60.8 Å². The molecule has 49 heavy (non-hydrogen) atoms. The van der Waals surface area contributed by atoms with Crippen LogP contribution in [-0.4, -0.2) is 33.6 Å². The van der Waals surface area contributed by atoms with Crippen LogP contribution in [-0.2, 0) is 0 Å². The van der Waals surface area contributed by atoms with E-state index in [1.807, 2.05) is 24.3 Å². The summed E-state index contributed by atoms with van der Waals surface area (Å²) in [7, 11) is 0. The van der Waals surface area contributed by atoms with E-state index in [0.717, 1.165) is 64.2 Å². The smallest absolute Gasteiger partial charge is 0.176 e. The van der Waals surface area contributed by atoms with Crippen LogP contribution in [0.2, 0.25) is 0 Å². The van der Waals surface area contributed by atoms with Crippen molar-refractivity contribution in [2.45, 2.75) is 179 Å². The van der Waals surface area contributed by atoms with E-state index in [0.29, 0.717) is 0 Å². The predicted octanol–water partition coefficient (Wildman–Crippen LogP) is 10.9. The summed E-state index contributed by atoms with van der Waals surface area (Å²) >= 11 is 0. The summed E-state index contributed by atoms with van der Waals surface area (Å²) in [6, 6.07) is 0. The van der Waals surface area contributed by atoms with Crippen LogP contribution >= 0.6 is 0 Å². The molecule has 3 N–H and O–H groups in total. The molecule has 3 atom stereocenters. The molecule has 0 aromatic rings. The maximum atomic E-state index is 9.88. The zero-order chi connectivity index (χ0) is 35.7. The molecule has 0 aliphatic heterocycles. The summed E-state index contributed by atoms with van der Waals surface area (Å²) in [6.07, 6.45) is 58.1. The lowest BCUT2D eigenvalue weighted by molar-refractivity contribution is 0.280. The van der Waals surface area contributed by atoms with Gasteiger partial charge < -0.3 is 15.3 Å². The highest BCUT2D eigenvalue weighted by molar-refractivity contribution is 5.24. The van der Waals surface area contributed by atoms with Gasteiger partial charge in [0.1, 0.15) is 12.2 Å². The number of hydrogen-bond acceptors (Lipinski definition) is 3. The Hall–Kier alpha value is -3.18. The lowest BCUT2D eigenvalue weighted by Crippen LogP contribution is -1.97. The van der Waals surface area contributed by atoms with Gasteiger partial charge in [-0.15, -0.1) is 12.8 Å². The molecule has 3 unspecified atom stereocenters. The largest absolute Gasteiger partial charge is 0.377 e. The van der Waals surface area contributed by atoms with Crippen molar-refractivity contribution >= 4 is 0 Å². The fourth-order valence-electron chi connectivity index (χ4n) is 5.17. The first-order valence-corrected chi connectivity index (χ1v) is 19.3. The molecule has 0 saturated carbocycles. The summed E-state index contributed by atoms with van der Waals surface area (Å²) in [5.41, 5.74) is 0. The van der Waals surface area contributed by atoms with Crippen molar-refractivity contribution < 1.29 is 15.3 Å². The topological polar surface area (TPSA) is 60.7 Å². The van der Waals surface area contributed by atoms with Crippen molar-refractivity contribution in [3.63, 3.8) is 0 Å². The molecule has 0 aromatic heterocycles. The fourth-order valence-corrected chi connectivity index (χ4v) is 5.17. The van der Waals surface area contributed by atoms with Gasteiger partial charge in [0.15, 0.2) is 6.10 Å². The van der Waals surface area contributed by atoms with Crippen molar-refractivity contribution in [1.29, 1.82) is 0 Å². The zero-order valence-electron chi connectivity index (χ0n) is 30.7. The van der Waals surface area contributed by atoms with Crippen LogP contribution in [0.4, 0.5) is 0 Å². The zero-order valence-corrected chi connectivity index (χ0v) is 30.7. The van der Waals surface area contributed by atoms with Gasteiger partial charge in [-0.05, 0) is 102 Å². The minimum Gasteiger partial charge on any atom is -0.377 e. The van der Waals surface area contributed by atoms with Crippen LogP contribution in [0.15, 0.2) is 60.8 Å². The SMILES string of the molecule is C#CC(O)C=CCCCCCCC#CC(O)C#CC=CCCC=CCCCCC=CCCCCCCCCCCCCCC=CC(O)C#C. The molecule has 0 rings (SSSR count). The average molecular weight is 669 g/mol. The average Bonchev–Trinajstić information content (AvgIpc) is 3.11. The summed E-state index contributed by atoms with van der Waals surface area (Å²) in [4.78, 5) is 0. The Morgan fingerprint density at radius 3 is 1.24 bits per heavy atom. The first-order chi connectivity index (χ1) is 24.1. The molecule has 0 heterocycles. The second-order valence-electron chi connectivity index (χ2n) is 12.7. The lowest BCUT2D eigenvalue weighted by Gasteiger charge is -2.02. The van der Waals surface area contributed by atoms with Gasteiger partial charge in [0, 0.05) is 6.42 Å². The van der Waals surface area contributed by atoms with E-state index in [4.69, 9.17) is 12.8 Å². The quantitative estimate of drug-likeness (QED) is 0.0406. The van der Waals surface area contributed by atoms with E-state index >= 15 is 0 Å². The molecule has 0 aliphatic rings. The van der Waals surface area contributed by atoms with E-state index < -0.39 is 18.3 Å². The Kier molecular flexibility index (Phi) is 36.7. The van der Waals surface area contributed by atoms with Crippen molar-refractivity contribution in [2.24, 2.45) is 0 Å². The van der Waals surface area contributed by atoms with Crippen LogP contribution in [0.25, 0.3) is 0 Å². The summed E-state index contributed by atoms with van der Waals surface area (Å²) in [5.74, 6) is 16.0. The van der Waals surface area contributed by atoms with Crippen molar-refractivity contribution in [1.82, 2.24) is 0 Å². The third kappa shape index (κ3) is 39.1. The van der Waals surface area contributed by atoms with Gasteiger partial charge in [0.25, 0.3) is 0 Å². The van der Waals surface area contributed by atoms with E-state index in [1.54, 1.807) is 12.2 Å². The third-order valence-electron chi connectivity index (χ3n) is 8.13. The van der Waals surface area contributed by atoms with Crippen LogP contribution in [0, 0.1) is 48.4 Å². The number of unbranched alkanes of at least 4 members (excludes halogenated alkanes) is 21. The van der Waals surface area contributed by atoms with Gasteiger partial charge in [0.2, 0.25) is 0 Å². The molecule has 0 spiro atoms. The Morgan fingerprint density at radius 2 is 0.776 bits per heavy atom. The van der Waals surface area contributed by atoms with Crippen LogP contribution < -0.4 is 0 Å². The summed E-state index contributed by atoms with van der Waals surface area (Å²) in [6.45, 7) is 0. The van der Waals surface area contributed by atoms with Gasteiger partial charge in [-0.2, -0.15) is 0 Å². The Morgan fingerprint density at radius 1 is 0.408 bits per heavy atom. The highest BCUT2D eigenvalue weighted by Gasteiger charge is 1.95. The normalized spacial score (nSPS) is 13.4. The molecule has 270 valence electrons. The maximum Gasteiger partial charge on any atom is 0.176 e. The standard InChI is InChI=1S/C46H68O3/c1-3-44(47)40-36-32-28-24-22-20-18-16-14-12-10-8-6-5-7-9-11-13-15-17-19-21-23-25-30-34-38-42-46(49)43-39-35-31-27-26-29-33-37-41-45(48)4-2/h1-2,7,9,19,21,30,34,36-37,40-41,44-49H,5-6,8,10-18,20,22-29,31-33,35H2. The third-order valence-corrected chi connectivity index (χ3v) is 8.13. The Bertz CT molecular complexity index is 1100. The lowest BCUT2D eigenvalue weighted by atomic mass is 10.0. The second kappa shape index (κ2) is 39.3. The Balaban J connectivity index is 3.48. The molecule has 0 aliphatic carbocycles. The summed E-state index contributed by atoms with van der Waals surface area (Å²) < 4.78 is 0. The fraction of sp³-hybridized carbons (Fsp3) is 0.609. The van der Waals surface area contributed by atoms with E-state index in [2.05, 4.69) is 59.8 Å². The maximum absolute atomic E-state index is 9.88. The highest BCUT2D eigenvalue weighted by atomic mass is 16.3. The molecule has 3 nitrogen and oxygen atoms in total. The number of rotatable bonds is 30. The van der Waals surface area contributed by atoms with E-state index in [-0.39, 0.29) is 0 Å². The molecule has 0 aromatic carbocycles. The van der Waals surface area contributed by atoms with Gasteiger partial charge in [-0.3, -0.25) is 0 Å². The van der Waals surface area contributed by atoms with Crippen LogP contribution in [0.3, 0.4) is 0 Å². The highest BCUT2D eigenvalue weighted by Crippen LogP contribution is 2.13. The number of terminal acetylenes is 2. The monoisotopic (exact) mass is 669 g/mol. The minimum absolute atomic E-state index is 0.725. The molecule has 0 radical (unpaired) electrons. The Labute approximate surface area is 302 Å². The van der Waals surface area contributed by atoms with E-state index in [1.165, 1.54) is 96.3 Å². The number of allylic oxidation sites excluding steroid dienone is 8. The molecule has 0 amide bonds. The summed E-state index contributed by atoms with van der Waals surface area (Å²) in [5, 5.41) is 28.4. The number of aliphatic hydroxyl groups is 3. The predicted molar refractivity (Wildman–Crippen MR) is 212 cm³/mol. The molecule has 0 bridgehead atoms. The van der Waals surface area contributed by atoms with Crippen molar-refractivity contribution in [2.75, 3.05) is 0 Å². The van der Waals surface area contributed by atoms with Gasteiger partial charge >= 0.3 is 0 Å². The molecule has 0 saturated heterocycles. The van der Waals surface area contributed by atoms with Crippen LogP contribution in [0.5, 0.6) is 0 Å². The van der Waals surface area contributed by atoms with Gasteiger partial charge in [0.05, 0.1) is 0 Å². The van der Waals surface area contributed by atoms with Crippen molar-refractivity contribution in [3.8, 4) is 48.4 Å². The second-order valence-corrected chi connectivity index (χ2v) is 12.7. The molecule has 3 heteroatoms. The molecule has 0 fully saturated rings. The number of hydrogen-bond donors (Lipinski definition) is 3. The minimum atomic E-state index is -0.887.